The number of fused-ring (bicyclic) bond motifs is 1. The van der Waals surface area contributed by atoms with Gasteiger partial charge in [0.2, 0.25) is 0 Å². The first-order valence-electron chi connectivity index (χ1n) is 5.54. The summed E-state index contributed by atoms with van der Waals surface area (Å²) in [6, 6.07) is 3.22. The van der Waals surface area contributed by atoms with Crippen LogP contribution < -0.4 is 10.1 Å². The summed E-state index contributed by atoms with van der Waals surface area (Å²) in [5, 5.41) is 13.5. The van der Waals surface area contributed by atoms with Crippen LogP contribution in [0, 0.1) is 10.1 Å². The predicted molar refractivity (Wildman–Crippen MR) is 65.9 cm³/mol. The zero-order valence-corrected chi connectivity index (χ0v) is 10.4. The van der Waals surface area contributed by atoms with E-state index < -0.39 is 4.92 Å². The van der Waals surface area contributed by atoms with Crippen molar-refractivity contribution in [3.05, 3.63) is 27.8 Å². The summed E-state index contributed by atoms with van der Waals surface area (Å²) in [6.07, 6.45) is 0. The lowest BCUT2D eigenvalue weighted by Crippen LogP contribution is -2.26. The third kappa shape index (κ3) is 2.13. The van der Waals surface area contributed by atoms with Crippen LogP contribution in [0.3, 0.4) is 0 Å². The first kappa shape index (κ1) is 12.3. The van der Waals surface area contributed by atoms with Gasteiger partial charge in [-0.05, 0) is 17.0 Å². The van der Waals surface area contributed by atoms with Crippen LogP contribution in [0.5, 0.6) is 5.75 Å². The normalized spacial score (nSPS) is 14.5. The standard InChI is InChI=1S/C12H14N2O4/c1-12(2,3)7-4-8(14(16)17)11-9(5-7)18-6-10(15)13-11/h4-5H,6H2,1-3H3,(H,13,15). The molecular weight excluding hydrogens is 236 g/mol. The van der Waals surface area contributed by atoms with Gasteiger partial charge in [-0.15, -0.1) is 0 Å². The maximum Gasteiger partial charge on any atom is 0.296 e. The Morgan fingerprint density at radius 3 is 2.61 bits per heavy atom. The highest BCUT2D eigenvalue weighted by molar-refractivity contribution is 5.98. The van der Waals surface area contributed by atoms with Gasteiger partial charge in [0.05, 0.1) is 4.92 Å². The van der Waals surface area contributed by atoms with Crippen molar-refractivity contribution in [3.63, 3.8) is 0 Å². The van der Waals surface area contributed by atoms with Gasteiger partial charge in [0, 0.05) is 6.07 Å². The summed E-state index contributed by atoms with van der Waals surface area (Å²) < 4.78 is 5.25. The van der Waals surface area contributed by atoms with Crippen LogP contribution in [0.2, 0.25) is 0 Å². The number of nitro groups is 1. The number of benzene rings is 1. The minimum absolute atomic E-state index is 0.113. The fourth-order valence-corrected chi connectivity index (χ4v) is 1.74. The minimum Gasteiger partial charge on any atom is -0.481 e. The first-order chi connectivity index (χ1) is 8.29. The molecule has 0 aliphatic carbocycles. The molecule has 0 unspecified atom stereocenters. The zero-order valence-electron chi connectivity index (χ0n) is 10.4. The van der Waals surface area contributed by atoms with Crippen LogP contribution in [0.25, 0.3) is 0 Å². The van der Waals surface area contributed by atoms with Gasteiger partial charge in [-0.2, -0.15) is 0 Å². The lowest BCUT2D eigenvalue weighted by atomic mass is 9.86. The molecule has 2 rings (SSSR count). The highest BCUT2D eigenvalue weighted by atomic mass is 16.6. The monoisotopic (exact) mass is 250 g/mol. The van der Waals surface area contributed by atoms with E-state index >= 15 is 0 Å². The molecule has 1 aliphatic heterocycles. The van der Waals surface area contributed by atoms with E-state index in [1.165, 1.54) is 6.07 Å². The summed E-state index contributed by atoms with van der Waals surface area (Å²) in [7, 11) is 0. The third-order valence-electron chi connectivity index (χ3n) is 2.77. The molecule has 0 atom stereocenters. The number of amides is 1. The molecule has 6 heteroatoms. The van der Waals surface area contributed by atoms with Crippen molar-refractivity contribution >= 4 is 17.3 Å². The number of rotatable bonds is 1. The van der Waals surface area contributed by atoms with E-state index in [0.717, 1.165) is 5.56 Å². The average molecular weight is 250 g/mol. The smallest absolute Gasteiger partial charge is 0.296 e. The summed E-state index contributed by atoms with van der Waals surface area (Å²) in [5.41, 5.74) is 0.573. The maximum absolute atomic E-state index is 11.2. The Hall–Kier alpha value is -2.11. The number of anilines is 1. The fourth-order valence-electron chi connectivity index (χ4n) is 1.74. The Morgan fingerprint density at radius 1 is 1.39 bits per heavy atom. The molecule has 18 heavy (non-hydrogen) atoms. The summed E-state index contributed by atoms with van der Waals surface area (Å²) in [5.74, 6) is -0.0252. The molecule has 0 spiro atoms. The molecule has 0 radical (unpaired) electrons. The molecule has 0 fully saturated rings. The SMILES string of the molecule is CC(C)(C)c1cc2c(c([N+](=O)[O-])c1)NC(=O)CO2. The average Bonchev–Trinajstić information content (AvgIpc) is 2.25. The molecule has 1 aromatic carbocycles. The molecule has 0 saturated heterocycles. The number of carbonyl (C=O) groups excluding carboxylic acids is 1. The Labute approximate surface area is 104 Å². The van der Waals surface area contributed by atoms with E-state index in [1.54, 1.807) is 6.07 Å². The van der Waals surface area contributed by atoms with Crippen molar-refractivity contribution < 1.29 is 14.5 Å². The second-order valence-electron chi connectivity index (χ2n) is 5.21. The first-order valence-corrected chi connectivity index (χ1v) is 5.54. The second kappa shape index (κ2) is 3.97. The van der Waals surface area contributed by atoms with Gasteiger partial charge in [0.1, 0.15) is 0 Å². The molecule has 0 bridgehead atoms. The van der Waals surface area contributed by atoms with Gasteiger partial charge in [0.25, 0.3) is 11.6 Å². The zero-order chi connectivity index (χ0) is 13.5. The number of nitrogens with zero attached hydrogens (tertiary/aromatic N) is 1. The number of hydrogen-bond acceptors (Lipinski definition) is 4. The molecule has 1 amide bonds. The third-order valence-corrected chi connectivity index (χ3v) is 2.77. The molecule has 96 valence electrons. The Morgan fingerprint density at radius 2 is 2.06 bits per heavy atom. The Bertz CT molecular complexity index is 532. The maximum atomic E-state index is 11.2. The summed E-state index contributed by atoms with van der Waals surface area (Å²) >= 11 is 0. The van der Waals surface area contributed by atoms with Crippen LogP contribution in [0.1, 0.15) is 26.3 Å². The summed E-state index contributed by atoms with van der Waals surface area (Å²) in [6.45, 7) is 5.76. The van der Waals surface area contributed by atoms with E-state index in [4.69, 9.17) is 4.74 Å². The fraction of sp³-hybridized carbons (Fsp3) is 0.417. The number of carbonyl (C=O) groups is 1. The number of hydrogen-bond donors (Lipinski definition) is 1. The van der Waals surface area contributed by atoms with Crippen molar-refractivity contribution in [1.29, 1.82) is 0 Å². The Balaban J connectivity index is 2.63. The highest BCUT2D eigenvalue weighted by Gasteiger charge is 2.29. The molecule has 6 nitrogen and oxygen atoms in total. The quantitative estimate of drug-likeness (QED) is 0.612. The van der Waals surface area contributed by atoms with Crippen LogP contribution >= 0.6 is 0 Å². The topological polar surface area (TPSA) is 81.5 Å². The van der Waals surface area contributed by atoms with Gasteiger partial charge in [0.15, 0.2) is 18.0 Å². The van der Waals surface area contributed by atoms with Crippen LogP contribution in [-0.4, -0.2) is 17.4 Å². The molecular formula is C12H14N2O4. The number of nitrogens with one attached hydrogen (secondary N) is 1. The van der Waals surface area contributed by atoms with Gasteiger partial charge in [-0.1, -0.05) is 20.8 Å². The van der Waals surface area contributed by atoms with E-state index in [0.29, 0.717) is 5.75 Å². The van der Waals surface area contributed by atoms with Crippen LogP contribution in [0.15, 0.2) is 12.1 Å². The van der Waals surface area contributed by atoms with Gasteiger partial charge >= 0.3 is 0 Å². The second-order valence-corrected chi connectivity index (χ2v) is 5.21. The van der Waals surface area contributed by atoms with E-state index in [9.17, 15) is 14.9 Å². The molecule has 1 N–H and O–H groups in total. The minimum atomic E-state index is -0.511. The van der Waals surface area contributed by atoms with Crippen molar-refractivity contribution in [2.24, 2.45) is 0 Å². The largest absolute Gasteiger partial charge is 0.481 e. The van der Waals surface area contributed by atoms with Crippen molar-refractivity contribution in [2.75, 3.05) is 11.9 Å². The van der Waals surface area contributed by atoms with Crippen LogP contribution in [0.4, 0.5) is 11.4 Å². The molecule has 0 saturated carbocycles. The molecule has 1 aliphatic rings. The van der Waals surface area contributed by atoms with Gasteiger partial charge in [-0.3, -0.25) is 14.9 Å². The lowest BCUT2D eigenvalue weighted by Gasteiger charge is -2.23. The molecule has 0 aromatic heterocycles. The van der Waals surface area contributed by atoms with Crippen molar-refractivity contribution in [1.82, 2.24) is 0 Å². The lowest BCUT2D eigenvalue weighted by molar-refractivity contribution is -0.384. The number of ether oxygens (including phenoxy) is 1. The van der Waals surface area contributed by atoms with Gasteiger partial charge in [-0.25, -0.2) is 0 Å². The van der Waals surface area contributed by atoms with Crippen LogP contribution in [-0.2, 0) is 10.2 Å². The van der Waals surface area contributed by atoms with Crippen molar-refractivity contribution in [3.8, 4) is 5.75 Å². The molecule has 1 heterocycles. The summed E-state index contributed by atoms with van der Waals surface area (Å²) in [4.78, 5) is 21.8. The predicted octanol–water partition coefficient (Wildman–Crippen LogP) is 2.22. The van der Waals surface area contributed by atoms with Gasteiger partial charge < -0.3 is 10.1 Å². The number of nitro benzene ring substituents is 1. The Kier molecular flexibility index (Phi) is 2.73. The van der Waals surface area contributed by atoms with E-state index in [-0.39, 0.29) is 29.3 Å². The van der Waals surface area contributed by atoms with E-state index in [2.05, 4.69) is 5.32 Å². The highest BCUT2D eigenvalue weighted by Crippen LogP contribution is 2.40. The van der Waals surface area contributed by atoms with E-state index in [1.807, 2.05) is 20.8 Å². The molecule has 1 aromatic rings. The van der Waals surface area contributed by atoms with Crippen molar-refractivity contribution in [2.45, 2.75) is 26.2 Å².